The van der Waals surface area contributed by atoms with E-state index >= 15 is 0 Å². The van der Waals surface area contributed by atoms with Gasteiger partial charge in [-0.25, -0.2) is 0 Å². The molecule has 0 amide bonds. The van der Waals surface area contributed by atoms with Crippen LogP contribution in [-0.2, 0) is 9.53 Å². The van der Waals surface area contributed by atoms with Gasteiger partial charge in [0.25, 0.3) is 0 Å². The zero-order valence-corrected chi connectivity index (χ0v) is 9.05. The SMILES string of the molecule is CCCC(=O)CCCC1CNCCO1. The monoisotopic (exact) mass is 199 g/mol. The summed E-state index contributed by atoms with van der Waals surface area (Å²) in [6, 6.07) is 0. The summed E-state index contributed by atoms with van der Waals surface area (Å²) < 4.78 is 5.55. The molecule has 0 aromatic heterocycles. The molecule has 1 saturated heterocycles. The van der Waals surface area contributed by atoms with Crippen LogP contribution in [0.3, 0.4) is 0 Å². The number of hydrogen-bond acceptors (Lipinski definition) is 3. The molecule has 3 heteroatoms. The Hall–Kier alpha value is -0.410. The summed E-state index contributed by atoms with van der Waals surface area (Å²) in [7, 11) is 0. The van der Waals surface area contributed by atoms with E-state index in [1.54, 1.807) is 0 Å². The number of ether oxygens (including phenoxy) is 1. The Balaban J connectivity index is 1.99. The standard InChI is InChI=1S/C11H21NO2/c1-2-4-10(13)5-3-6-11-9-12-7-8-14-11/h11-12H,2-9H2,1H3. The van der Waals surface area contributed by atoms with Crippen LogP contribution in [0.5, 0.6) is 0 Å². The fourth-order valence-corrected chi connectivity index (χ4v) is 1.74. The first kappa shape index (κ1) is 11.7. The molecule has 3 nitrogen and oxygen atoms in total. The van der Waals surface area contributed by atoms with Gasteiger partial charge < -0.3 is 10.1 Å². The van der Waals surface area contributed by atoms with Gasteiger partial charge in [-0.2, -0.15) is 0 Å². The van der Waals surface area contributed by atoms with Crippen molar-refractivity contribution in [3.63, 3.8) is 0 Å². The highest BCUT2D eigenvalue weighted by Crippen LogP contribution is 2.08. The van der Waals surface area contributed by atoms with Gasteiger partial charge in [0.1, 0.15) is 5.78 Å². The van der Waals surface area contributed by atoms with E-state index < -0.39 is 0 Å². The zero-order chi connectivity index (χ0) is 10.2. The van der Waals surface area contributed by atoms with Crippen molar-refractivity contribution in [3.05, 3.63) is 0 Å². The molecule has 0 aromatic rings. The van der Waals surface area contributed by atoms with Crippen LogP contribution >= 0.6 is 0 Å². The summed E-state index contributed by atoms with van der Waals surface area (Å²) >= 11 is 0. The lowest BCUT2D eigenvalue weighted by molar-refractivity contribution is -0.119. The Bertz CT molecular complexity index is 165. The van der Waals surface area contributed by atoms with Gasteiger partial charge in [-0.1, -0.05) is 6.92 Å². The molecule has 0 spiro atoms. The number of Topliss-reactive ketones (excluding diaryl/α,β-unsaturated/α-hetero) is 1. The van der Waals surface area contributed by atoms with Crippen molar-refractivity contribution in [1.82, 2.24) is 5.32 Å². The van der Waals surface area contributed by atoms with E-state index in [4.69, 9.17) is 4.74 Å². The molecule has 1 heterocycles. The molecule has 0 saturated carbocycles. The maximum atomic E-state index is 11.2. The van der Waals surface area contributed by atoms with Gasteiger partial charge in [-0.15, -0.1) is 0 Å². The zero-order valence-electron chi connectivity index (χ0n) is 9.05. The molecule has 0 radical (unpaired) electrons. The molecule has 1 aliphatic heterocycles. The van der Waals surface area contributed by atoms with E-state index in [-0.39, 0.29) is 0 Å². The highest BCUT2D eigenvalue weighted by molar-refractivity contribution is 5.78. The maximum Gasteiger partial charge on any atom is 0.132 e. The summed E-state index contributed by atoms with van der Waals surface area (Å²) in [6.45, 7) is 4.77. The summed E-state index contributed by atoms with van der Waals surface area (Å²) in [6.07, 6.45) is 4.77. The van der Waals surface area contributed by atoms with Gasteiger partial charge >= 0.3 is 0 Å². The van der Waals surface area contributed by atoms with Gasteiger partial charge in [0, 0.05) is 25.9 Å². The van der Waals surface area contributed by atoms with Crippen molar-refractivity contribution >= 4 is 5.78 Å². The van der Waals surface area contributed by atoms with Gasteiger partial charge in [-0.05, 0) is 19.3 Å². The molecule has 82 valence electrons. The predicted octanol–water partition coefficient (Wildman–Crippen LogP) is 1.51. The molecular formula is C11H21NO2. The number of carbonyl (C=O) groups excluding carboxylic acids is 1. The normalized spacial score (nSPS) is 22.2. The van der Waals surface area contributed by atoms with Crippen LogP contribution in [0.15, 0.2) is 0 Å². The minimum Gasteiger partial charge on any atom is -0.376 e. The van der Waals surface area contributed by atoms with Crippen molar-refractivity contribution in [1.29, 1.82) is 0 Å². The molecule has 0 bridgehead atoms. The Kier molecular flexibility index (Phi) is 5.80. The third-order valence-electron chi connectivity index (χ3n) is 2.51. The lowest BCUT2D eigenvalue weighted by Crippen LogP contribution is -2.38. The molecule has 14 heavy (non-hydrogen) atoms. The lowest BCUT2D eigenvalue weighted by Gasteiger charge is -2.23. The maximum absolute atomic E-state index is 11.2. The molecule has 1 aliphatic rings. The Morgan fingerprint density at radius 1 is 1.50 bits per heavy atom. The average Bonchev–Trinajstić information content (AvgIpc) is 2.20. The van der Waals surface area contributed by atoms with E-state index in [1.165, 1.54) is 0 Å². The van der Waals surface area contributed by atoms with Crippen LogP contribution in [0, 0.1) is 0 Å². The molecule has 1 N–H and O–H groups in total. The van der Waals surface area contributed by atoms with Crippen LogP contribution in [0.25, 0.3) is 0 Å². The number of morpholine rings is 1. The Labute approximate surface area is 86.2 Å². The van der Waals surface area contributed by atoms with E-state index in [9.17, 15) is 4.79 Å². The van der Waals surface area contributed by atoms with E-state index in [2.05, 4.69) is 5.32 Å². The quantitative estimate of drug-likeness (QED) is 0.704. The van der Waals surface area contributed by atoms with Crippen LogP contribution in [0.4, 0.5) is 0 Å². The van der Waals surface area contributed by atoms with E-state index in [1.807, 2.05) is 6.92 Å². The van der Waals surface area contributed by atoms with Gasteiger partial charge in [0.15, 0.2) is 0 Å². The minimum absolute atomic E-state index is 0.332. The molecule has 0 aromatic carbocycles. The molecule has 1 atom stereocenters. The van der Waals surface area contributed by atoms with Crippen molar-refractivity contribution in [3.8, 4) is 0 Å². The van der Waals surface area contributed by atoms with Gasteiger partial charge in [-0.3, -0.25) is 4.79 Å². The number of hydrogen-bond donors (Lipinski definition) is 1. The molecule has 0 aliphatic carbocycles. The first-order valence-corrected chi connectivity index (χ1v) is 5.67. The van der Waals surface area contributed by atoms with Crippen LogP contribution in [0.2, 0.25) is 0 Å². The second-order valence-electron chi connectivity index (χ2n) is 3.88. The minimum atomic E-state index is 0.332. The fraction of sp³-hybridized carbons (Fsp3) is 0.909. The van der Waals surface area contributed by atoms with E-state index in [0.29, 0.717) is 11.9 Å². The van der Waals surface area contributed by atoms with Crippen molar-refractivity contribution in [2.45, 2.75) is 45.1 Å². The summed E-state index contributed by atoms with van der Waals surface area (Å²) in [5.41, 5.74) is 0. The molecule has 1 rings (SSSR count). The highest BCUT2D eigenvalue weighted by atomic mass is 16.5. The average molecular weight is 199 g/mol. The summed E-state index contributed by atoms with van der Waals surface area (Å²) in [5.74, 6) is 0.399. The summed E-state index contributed by atoms with van der Waals surface area (Å²) in [4.78, 5) is 11.2. The third kappa shape index (κ3) is 4.72. The van der Waals surface area contributed by atoms with Crippen LogP contribution < -0.4 is 5.32 Å². The smallest absolute Gasteiger partial charge is 0.132 e. The first-order valence-electron chi connectivity index (χ1n) is 5.67. The lowest BCUT2D eigenvalue weighted by atomic mass is 10.1. The number of nitrogens with one attached hydrogen (secondary N) is 1. The third-order valence-corrected chi connectivity index (χ3v) is 2.51. The highest BCUT2D eigenvalue weighted by Gasteiger charge is 2.13. The van der Waals surface area contributed by atoms with Crippen molar-refractivity contribution < 1.29 is 9.53 Å². The topological polar surface area (TPSA) is 38.3 Å². The van der Waals surface area contributed by atoms with Gasteiger partial charge in [0.05, 0.1) is 12.7 Å². The van der Waals surface area contributed by atoms with Crippen LogP contribution in [-0.4, -0.2) is 31.6 Å². The summed E-state index contributed by atoms with van der Waals surface area (Å²) in [5, 5.41) is 3.29. The largest absolute Gasteiger partial charge is 0.376 e. The number of ketones is 1. The van der Waals surface area contributed by atoms with E-state index in [0.717, 1.165) is 51.8 Å². The van der Waals surface area contributed by atoms with Crippen molar-refractivity contribution in [2.24, 2.45) is 0 Å². The molecule has 1 fully saturated rings. The second kappa shape index (κ2) is 6.96. The molecular weight excluding hydrogens is 178 g/mol. The fourth-order valence-electron chi connectivity index (χ4n) is 1.74. The van der Waals surface area contributed by atoms with Crippen LogP contribution in [0.1, 0.15) is 39.0 Å². The predicted molar refractivity (Wildman–Crippen MR) is 56.4 cm³/mol. The Morgan fingerprint density at radius 3 is 3.00 bits per heavy atom. The number of rotatable bonds is 6. The van der Waals surface area contributed by atoms with Gasteiger partial charge in [0.2, 0.25) is 0 Å². The second-order valence-corrected chi connectivity index (χ2v) is 3.88. The first-order chi connectivity index (χ1) is 6.83. The molecule has 1 unspecified atom stereocenters. The Morgan fingerprint density at radius 2 is 2.36 bits per heavy atom. The number of carbonyl (C=O) groups is 1. The van der Waals surface area contributed by atoms with Crippen molar-refractivity contribution in [2.75, 3.05) is 19.7 Å².